The van der Waals surface area contributed by atoms with Gasteiger partial charge < -0.3 is 16.8 Å². The van der Waals surface area contributed by atoms with Crippen LogP contribution in [0.5, 0.6) is 0 Å². The van der Waals surface area contributed by atoms with E-state index in [1.165, 1.54) is 44.6 Å². The molecule has 0 spiro atoms. The van der Waals surface area contributed by atoms with Gasteiger partial charge in [0.1, 0.15) is 0 Å². The molecule has 0 saturated carbocycles. The quantitative estimate of drug-likeness (QED) is 0.133. The summed E-state index contributed by atoms with van der Waals surface area (Å²) < 4.78 is 26.3. The van der Waals surface area contributed by atoms with E-state index in [4.69, 9.17) is 16.8 Å². The molecule has 0 rings (SSSR count). The Morgan fingerprint density at radius 3 is 1.10 bits per heavy atom. The molecule has 0 aromatic heterocycles. The zero-order valence-electron chi connectivity index (χ0n) is 23.2. The van der Waals surface area contributed by atoms with E-state index in [2.05, 4.69) is 78.9 Å². The number of rotatable bonds is 18. The highest BCUT2D eigenvalue weighted by Crippen LogP contribution is 2.30. The monoisotopic (exact) mass is 524 g/mol. The van der Waals surface area contributed by atoms with Crippen LogP contribution >= 0.6 is 0 Å². The van der Waals surface area contributed by atoms with Crippen molar-refractivity contribution in [3.05, 3.63) is 0 Å². The van der Waals surface area contributed by atoms with Crippen LogP contribution in [0, 0.1) is 0 Å². The lowest BCUT2D eigenvalue weighted by Gasteiger charge is -2.43. The van der Waals surface area contributed by atoms with Crippen LogP contribution in [0.2, 0.25) is 84.1 Å². The van der Waals surface area contributed by atoms with Crippen LogP contribution in [0.1, 0.15) is 51.9 Å². The average Bonchev–Trinajstić information content (AvgIpc) is 2.47. The van der Waals surface area contributed by atoms with E-state index in [0.717, 1.165) is 19.1 Å². The van der Waals surface area contributed by atoms with E-state index < -0.39 is 42.1 Å². The lowest BCUT2D eigenvalue weighted by atomic mass is 10.1. The second kappa shape index (κ2) is 13.7. The molecule has 0 amide bonds. The van der Waals surface area contributed by atoms with E-state index in [1.807, 2.05) is 0 Å². The molecule has 0 heterocycles. The van der Waals surface area contributed by atoms with Crippen LogP contribution < -0.4 is 0 Å². The molecule has 31 heavy (non-hydrogen) atoms. The van der Waals surface area contributed by atoms with Crippen molar-refractivity contribution in [1.29, 1.82) is 0 Å². The van der Waals surface area contributed by atoms with Crippen molar-refractivity contribution in [2.45, 2.75) is 136 Å². The van der Waals surface area contributed by atoms with Crippen molar-refractivity contribution in [3.63, 3.8) is 0 Å². The van der Waals surface area contributed by atoms with Crippen LogP contribution in [-0.4, -0.2) is 48.7 Å². The minimum Gasteiger partial charge on any atom is -0.418 e. The molecule has 0 aliphatic heterocycles. The summed E-state index contributed by atoms with van der Waals surface area (Å²) in [5.41, 5.74) is 0. The van der Waals surface area contributed by atoms with Gasteiger partial charge in [0.05, 0.1) is 0 Å². The summed E-state index contributed by atoms with van der Waals surface area (Å²) in [6, 6.07) is 2.28. The molecule has 0 aliphatic rings. The molecule has 0 unspecified atom stereocenters. The van der Waals surface area contributed by atoms with Crippen molar-refractivity contribution in [2.24, 2.45) is 0 Å². The van der Waals surface area contributed by atoms with Gasteiger partial charge in [-0.25, -0.2) is 0 Å². The van der Waals surface area contributed by atoms with Crippen molar-refractivity contribution in [2.75, 3.05) is 6.61 Å². The van der Waals surface area contributed by atoms with E-state index in [0.29, 0.717) is 0 Å². The first-order chi connectivity index (χ1) is 13.9. The van der Waals surface area contributed by atoms with Crippen molar-refractivity contribution >= 4 is 42.1 Å². The maximum absolute atomic E-state index is 6.78. The van der Waals surface area contributed by atoms with Crippen molar-refractivity contribution < 1.29 is 16.8 Å². The fourth-order valence-corrected chi connectivity index (χ4v) is 20.6. The van der Waals surface area contributed by atoms with E-state index in [-0.39, 0.29) is 0 Å². The molecule has 9 heteroatoms. The first kappa shape index (κ1) is 31.9. The lowest BCUT2D eigenvalue weighted by molar-refractivity contribution is 0.250. The fraction of sp³-hybridized carbons (Fsp3) is 1.00. The summed E-state index contributed by atoms with van der Waals surface area (Å²) >= 11 is 0. The normalized spacial score (nSPS) is 14.3. The molecule has 0 fully saturated rings. The third-order valence-corrected chi connectivity index (χ3v) is 19.4. The summed E-state index contributed by atoms with van der Waals surface area (Å²) in [6.45, 7) is 28.1. The molecule has 4 nitrogen and oxygen atoms in total. The first-order valence-corrected chi connectivity index (χ1v) is 27.9. The molecule has 0 atom stereocenters. The second-order valence-corrected chi connectivity index (χ2v) is 33.8. The Balaban J connectivity index is 4.59. The Morgan fingerprint density at radius 1 is 0.452 bits per heavy atom. The van der Waals surface area contributed by atoms with E-state index in [1.54, 1.807) is 0 Å². The molecular formula is C22H56O4Si5. The predicted octanol–water partition coefficient (Wildman–Crippen LogP) is 8.45. The number of hydrogen-bond acceptors (Lipinski definition) is 4. The van der Waals surface area contributed by atoms with Gasteiger partial charge in [0, 0.05) is 12.7 Å². The smallest absolute Gasteiger partial charge is 0.418 e. The van der Waals surface area contributed by atoms with Crippen LogP contribution in [-0.2, 0) is 16.8 Å². The third kappa shape index (κ3) is 19.0. The molecule has 0 saturated heterocycles. The van der Waals surface area contributed by atoms with Crippen LogP contribution in [0.4, 0.5) is 0 Å². The highest BCUT2D eigenvalue weighted by atomic mass is 28.5. The second-order valence-electron chi connectivity index (χ2n) is 12.5. The zero-order chi connectivity index (χ0) is 24.4. The zero-order valence-corrected chi connectivity index (χ0v) is 28.2. The third-order valence-electron chi connectivity index (χ3n) is 4.68. The van der Waals surface area contributed by atoms with E-state index >= 15 is 0 Å². The van der Waals surface area contributed by atoms with E-state index in [9.17, 15) is 0 Å². The Morgan fingerprint density at radius 2 is 0.774 bits per heavy atom. The lowest BCUT2D eigenvalue weighted by Crippen LogP contribution is -2.60. The van der Waals surface area contributed by atoms with Crippen LogP contribution in [0.3, 0.4) is 0 Å². The SMILES string of the molecule is CCO[Si](C)(C)CCCCCCCCC[Si](O[Si](C)(C)C)(O[Si](C)(C)C)O[Si](C)(C)C. The molecule has 0 aromatic rings. The number of unbranched alkanes of at least 4 members (excludes halogenated alkanes) is 6. The summed E-state index contributed by atoms with van der Waals surface area (Å²) in [6.07, 6.45) is 9.09. The molecular weight excluding hydrogens is 469 g/mol. The van der Waals surface area contributed by atoms with Crippen molar-refractivity contribution in [1.82, 2.24) is 0 Å². The van der Waals surface area contributed by atoms with Gasteiger partial charge >= 0.3 is 8.80 Å². The van der Waals surface area contributed by atoms with Crippen molar-refractivity contribution in [3.8, 4) is 0 Å². The molecule has 0 N–H and O–H groups in total. The van der Waals surface area contributed by atoms with Gasteiger partial charge in [0.25, 0.3) is 0 Å². The highest BCUT2D eigenvalue weighted by molar-refractivity contribution is 6.90. The first-order valence-electron chi connectivity index (χ1n) is 12.6. The van der Waals surface area contributed by atoms with Gasteiger partial charge in [-0.15, -0.1) is 0 Å². The number of hydrogen-bond donors (Lipinski definition) is 0. The molecule has 0 radical (unpaired) electrons. The maximum atomic E-state index is 6.78. The summed E-state index contributed by atoms with van der Waals surface area (Å²) in [4.78, 5) is 0. The fourth-order valence-electron chi connectivity index (χ4n) is 3.85. The van der Waals surface area contributed by atoms with Gasteiger partial charge in [0.15, 0.2) is 33.3 Å². The predicted molar refractivity (Wildman–Crippen MR) is 150 cm³/mol. The molecule has 0 aliphatic carbocycles. The molecule has 0 aromatic carbocycles. The Labute approximate surface area is 201 Å². The van der Waals surface area contributed by atoms with Gasteiger partial charge in [-0.05, 0) is 91.4 Å². The average molecular weight is 525 g/mol. The van der Waals surface area contributed by atoms with Crippen LogP contribution in [0.15, 0.2) is 0 Å². The topological polar surface area (TPSA) is 36.9 Å². The Kier molecular flexibility index (Phi) is 14.1. The van der Waals surface area contributed by atoms with Gasteiger partial charge in [-0.3, -0.25) is 0 Å². The Hall–Kier alpha value is 0.924. The van der Waals surface area contributed by atoms with Crippen LogP contribution in [0.25, 0.3) is 0 Å². The summed E-state index contributed by atoms with van der Waals surface area (Å²) in [5.74, 6) is 0. The molecule has 0 bridgehead atoms. The largest absolute Gasteiger partial charge is 0.469 e. The maximum Gasteiger partial charge on any atom is 0.469 e. The Bertz CT molecular complexity index is 441. The minimum atomic E-state index is -2.64. The van der Waals surface area contributed by atoms with Gasteiger partial charge in [-0.2, -0.15) is 0 Å². The summed E-state index contributed by atoms with van der Waals surface area (Å²) in [7, 11) is -9.29. The van der Waals surface area contributed by atoms with Gasteiger partial charge in [0.2, 0.25) is 0 Å². The standard InChI is InChI=1S/C22H56O4Si5/c1-13-23-30(11,12)21-19-17-15-14-16-18-20-22-31(24-27(2,3)4,25-28(5,6)7)26-29(8,9)10/h13-22H2,1-12H3. The minimum absolute atomic E-state index is 0.869. The highest BCUT2D eigenvalue weighted by Gasteiger charge is 2.49. The molecule has 188 valence electrons. The van der Waals surface area contributed by atoms with Gasteiger partial charge in [-0.1, -0.05) is 38.5 Å². The summed E-state index contributed by atoms with van der Waals surface area (Å²) in [5, 5.41) is 0.